The van der Waals surface area contributed by atoms with Crippen LogP contribution in [0.25, 0.3) is 5.69 Å². The van der Waals surface area contributed by atoms with E-state index in [9.17, 15) is 18.3 Å². The molecule has 4 aromatic rings. The van der Waals surface area contributed by atoms with Crippen LogP contribution in [0.3, 0.4) is 0 Å². The van der Waals surface area contributed by atoms with E-state index >= 15 is 0 Å². The average Bonchev–Trinajstić information content (AvgIpc) is 3.35. The second-order valence-electron chi connectivity index (χ2n) is 9.01. The molecule has 2 atom stereocenters. The lowest BCUT2D eigenvalue weighted by atomic mass is 9.83. The van der Waals surface area contributed by atoms with Crippen molar-refractivity contribution in [2.24, 2.45) is 0 Å². The van der Waals surface area contributed by atoms with Crippen molar-refractivity contribution in [3.8, 4) is 5.69 Å². The van der Waals surface area contributed by atoms with Gasteiger partial charge in [-0.3, -0.25) is 0 Å². The molecule has 0 spiro atoms. The lowest BCUT2D eigenvalue weighted by molar-refractivity contribution is -0.274. The fourth-order valence-corrected chi connectivity index (χ4v) is 4.94. The van der Waals surface area contributed by atoms with Gasteiger partial charge in [0, 0.05) is 36.7 Å². The highest BCUT2D eigenvalue weighted by Crippen LogP contribution is 2.48. The zero-order valence-electron chi connectivity index (χ0n) is 19.3. The third-order valence-corrected chi connectivity index (χ3v) is 6.78. The largest absolute Gasteiger partial charge is 0.424 e. The van der Waals surface area contributed by atoms with E-state index in [4.69, 9.17) is 0 Å². The number of halogens is 3. The Bertz CT molecular complexity index is 1300. The Balaban J connectivity index is 1.63. The molecule has 2 heterocycles. The standard InChI is InChI=1S/C28H26F3N3O/c1-20-11-13-23(14-12-20)33-17-15-21-7-5-6-10-24(21)25(33)19-27(35,28(29,30)31)26-32-16-18-34(26)22-8-3-2-4-9-22/h2-14,16,18,25,35H,15,17,19H2,1H3/t25-,27+/m1/s1. The van der Waals surface area contributed by atoms with E-state index in [1.54, 1.807) is 30.3 Å². The molecular weight excluding hydrogens is 451 g/mol. The second kappa shape index (κ2) is 8.89. The molecule has 1 N–H and O–H groups in total. The summed E-state index contributed by atoms with van der Waals surface area (Å²) in [6.45, 7) is 2.52. The maximum Gasteiger partial charge on any atom is 0.424 e. The van der Waals surface area contributed by atoms with Gasteiger partial charge in [-0.15, -0.1) is 0 Å². The van der Waals surface area contributed by atoms with Crippen LogP contribution in [0.4, 0.5) is 18.9 Å². The molecule has 3 aromatic carbocycles. The third kappa shape index (κ3) is 4.21. The van der Waals surface area contributed by atoms with E-state index < -0.39 is 30.1 Å². The Morgan fingerprint density at radius 3 is 2.31 bits per heavy atom. The fourth-order valence-electron chi connectivity index (χ4n) is 4.94. The van der Waals surface area contributed by atoms with E-state index in [1.165, 1.54) is 17.0 Å². The van der Waals surface area contributed by atoms with Gasteiger partial charge in [0.1, 0.15) is 0 Å². The molecule has 1 aliphatic heterocycles. The average molecular weight is 478 g/mol. The van der Waals surface area contributed by atoms with Gasteiger partial charge >= 0.3 is 6.18 Å². The van der Waals surface area contributed by atoms with Crippen molar-refractivity contribution in [3.63, 3.8) is 0 Å². The van der Waals surface area contributed by atoms with Crippen LogP contribution in [-0.4, -0.2) is 27.4 Å². The monoisotopic (exact) mass is 477 g/mol. The summed E-state index contributed by atoms with van der Waals surface area (Å²) in [4.78, 5) is 6.00. The van der Waals surface area contributed by atoms with Gasteiger partial charge in [0.15, 0.2) is 5.82 Å². The number of hydrogen-bond donors (Lipinski definition) is 1. The number of anilines is 1. The van der Waals surface area contributed by atoms with Gasteiger partial charge in [-0.25, -0.2) is 4.98 Å². The fraction of sp³-hybridized carbons (Fsp3) is 0.250. The molecule has 7 heteroatoms. The van der Waals surface area contributed by atoms with Crippen molar-refractivity contribution in [1.29, 1.82) is 0 Å². The first kappa shape index (κ1) is 23.2. The number of aryl methyl sites for hydroxylation is 1. The number of imidazole rings is 1. The Kier molecular flexibility index (Phi) is 5.89. The quantitative estimate of drug-likeness (QED) is 0.376. The van der Waals surface area contributed by atoms with Crippen LogP contribution in [0.5, 0.6) is 0 Å². The van der Waals surface area contributed by atoms with E-state index in [2.05, 4.69) is 4.98 Å². The highest BCUT2D eigenvalue weighted by Gasteiger charge is 2.59. The van der Waals surface area contributed by atoms with Gasteiger partial charge in [-0.2, -0.15) is 13.2 Å². The van der Waals surface area contributed by atoms with E-state index in [-0.39, 0.29) is 0 Å². The van der Waals surface area contributed by atoms with Gasteiger partial charge < -0.3 is 14.6 Å². The van der Waals surface area contributed by atoms with Gasteiger partial charge in [0.2, 0.25) is 5.60 Å². The molecule has 0 radical (unpaired) electrons. The van der Waals surface area contributed by atoms with Crippen molar-refractivity contribution in [2.75, 3.05) is 11.4 Å². The maximum absolute atomic E-state index is 14.8. The van der Waals surface area contributed by atoms with Crippen molar-refractivity contribution in [2.45, 2.75) is 37.6 Å². The summed E-state index contributed by atoms with van der Waals surface area (Å²) in [5, 5.41) is 11.5. The number of para-hydroxylation sites is 1. The smallest absolute Gasteiger partial charge is 0.374 e. The van der Waals surface area contributed by atoms with Crippen LogP contribution >= 0.6 is 0 Å². The molecule has 180 valence electrons. The first-order valence-corrected chi connectivity index (χ1v) is 11.6. The SMILES string of the molecule is Cc1ccc(N2CCc3ccccc3[C@H]2C[C@](O)(c2nccn2-c2ccccc2)C(F)(F)F)cc1. The predicted molar refractivity (Wildman–Crippen MR) is 130 cm³/mol. The lowest BCUT2D eigenvalue weighted by Crippen LogP contribution is -2.49. The summed E-state index contributed by atoms with van der Waals surface area (Å²) in [5.74, 6) is -0.442. The van der Waals surface area contributed by atoms with Gasteiger partial charge in [0.05, 0.1) is 6.04 Å². The first-order chi connectivity index (χ1) is 16.8. The van der Waals surface area contributed by atoms with Crippen molar-refractivity contribution >= 4 is 5.69 Å². The molecule has 0 saturated heterocycles. The number of nitrogens with zero attached hydrogens (tertiary/aromatic N) is 3. The van der Waals surface area contributed by atoms with Crippen LogP contribution in [0.15, 0.2) is 91.3 Å². The minimum atomic E-state index is -4.95. The van der Waals surface area contributed by atoms with E-state index in [1.807, 2.05) is 60.4 Å². The predicted octanol–water partition coefficient (Wildman–Crippen LogP) is 6.12. The molecular formula is C28H26F3N3O. The van der Waals surface area contributed by atoms with Crippen LogP contribution in [0.2, 0.25) is 0 Å². The lowest BCUT2D eigenvalue weighted by Gasteiger charge is -2.43. The third-order valence-electron chi connectivity index (χ3n) is 6.78. The summed E-state index contributed by atoms with van der Waals surface area (Å²) in [7, 11) is 0. The number of aliphatic hydroxyl groups is 1. The van der Waals surface area contributed by atoms with Crippen molar-refractivity contribution in [3.05, 3.63) is 114 Å². The number of aromatic nitrogens is 2. The Hall–Kier alpha value is -3.58. The second-order valence-corrected chi connectivity index (χ2v) is 9.01. The molecule has 1 aromatic heterocycles. The Labute approximate surface area is 202 Å². The number of fused-ring (bicyclic) bond motifs is 1. The molecule has 0 saturated carbocycles. The van der Waals surface area contributed by atoms with Crippen LogP contribution in [0, 0.1) is 6.92 Å². The maximum atomic E-state index is 14.8. The molecule has 0 amide bonds. The number of rotatable bonds is 5. The Morgan fingerprint density at radius 1 is 0.914 bits per heavy atom. The number of alkyl halides is 3. The summed E-state index contributed by atoms with van der Waals surface area (Å²) < 4.78 is 45.6. The van der Waals surface area contributed by atoms with E-state index in [0.717, 1.165) is 22.4 Å². The molecule has 0 aliphatic carbocycles. The number of hydrogen-bond acceptors (Lipinski definition) is 3. The number of benzene rings is 3. The van der Waals surface area contributed by atoms with Crippen molar-refractivity contribution < 1.29 is 18.3 Å². The Morgan fingerprint density at radius 2 is 1.60 bits per heavy atom. The van der Waals surface area contributed by atoms with Crippen molar-refractivity contribution in [1.82, 2.24) is 9.55 Å². The zero-order valence-corrected chi connectivity index (χ0v) is 19.3. The van der Waals surface area contributed by atoms with Gasteiger partial charge in [-0.05, 0) is 48.7 Å². The van der Waals surface area contributed by atoms with Gasteiger partial charge in [0.25, 0.3) is 0 Å². The highest BCUT2D eigenvalue weighted by molar-refractivity contribution is 5.53. The van der Waals surface area contributed by atoms with Crippen LogP contribution in [0.1, 0.15) is 35.0 Å². The summed E-state index contributed by atoms with van der Waals surface area (Å²) in [5.41, 5.74) is 1.01. The van der Waals surface area contributed by atoms with E-state index in [0.29, 0.717) is 18.7 Å². The normalized spacial score (nSPS) is 17.6. The summed E-state index contributed by atoms with van der Waals surface area (Å²) in [6, 6.07) is 23.2. The molecule has 1 aliphatic rings. The minimum Gasteiger partial charge on any atom is -0.374 e. The molecule has 0 unspecified atom stereocenters. The molecule has 0 fully saturated rings. The molecule has 35 heavy (non-hydrogen) atoms. The van der Waals surface area contributed by atoms with Gasteiger partial charge in [-0.1, -0.05) is 60.2 Å². The topological polar surface area (TPSA) is 41.3 Å². The molecule has 0 bridgehead atoms. The van der Waals surface area contributed by atoms with Crippen LogP contribution in [-0.2, 0) is 12.0 Å². The highest BCUT2D eigenvalue weighted by atomic mass is 19.4. The summed E-state index contributed by atoms with van der Waals surface area (Å²) >= 11 is 0. The molecule has 4 nitrogen and oxygen atoms in total. The zero-order chi connectivity index (χ0) is 24.6. The first-order valence-electron chi connectivity index (χ1n) is 11.6. The summed E-state index contributed by atoms with van der Waals surface area (Å²) in [6.07, 6.45) is -2.08. The minimum absolute atomic E-state index is 0.442. The molecule has 5 rings (SSSR count). The van der Waals surface area contributed by atoms with Crippen LogP contribution < -0.4 is 4.90 Å².